The first kappa shape index (κ1) is 8.59. The van der Waals surface area contributed by atoms with Crippen molar-refractivity contribution in [1.82, 2.24) is 4.98 Å². The Morgan fingerprint density at radius 3 is 2.50 bits per heavy atom. The number of hydrogen-bond acceptors (Lipinski definition) is 2. The summed E-state index contributed by atoms with van der Waals surface area (Å²) in [4.78, 5) is 3.57. The molecule has 0 atom stereocenters. The van der Waals surface area contributed by atoms with Crippen LogP contribution >= 0.6 is 0 Å². The number of nitrogens with zero attached hydrogens (tertiary/aromatic N) is 1. The Labute approximate surface area is 90.4 Å². The zero-order valence-corrected chi connectivity index (χ0v) is 7.79. The van der Waals surface area contributed by atoms with Crippen LogP contribution in [-0.4, -0.2) is 4.98 Å². The average molecular weight is 133 g/mol. The van der Waals surface area contributed by atoms with Crippen molar-refractivity contribution in [3.8, 4) is 5.75 Å². The zero-order chi connectivity index (χ0) is 5.11. The predicted octanol–water partition coefficient (Wildman–Crippen LogP) is -2.84. The molecule has 0 amide bonds. The van der Waals surface area contributed by atoms with Crippen molar-refractivity contribution >= 4 is 0 Å². The molecule has 0 aromatic carbocycles. The largest absolute Gasteiger partial charge is 1.00 e. The van der Waals surface area contributed by atoms with E-state index in [0.717, 1.165) is 0 Å². The zero-order valence-electron chi connectivity index (χ0n) is 4.66. The monoisotopic (exact) mass is 133 g/mol. The van der Waals surface area contributed by atoms with E-state index in [1.165, 1.54) is 12.3 Å². The van der Waals surface area contributed by atoms with Crippen LogP contribution in [0.15, 0.2) is 24.5 Å². The first-order valence-electron chi connectivity index (χ1n) is 1.96. The van der Waals surface area contributed by atoms with E-state index < -0.39 is 0 Å². The molecule has 0 aliphatic carbocycles. The van der Waals surface area contributed by atoms with E-state index in [-0.39, 0.29) is 57.1 Å². The van der Waals surface area contributed by atoms with E-state index >= 15 is 0 Å². The summed E-state index contributed by atoms with van der Waals surface area (Å²) in [5.74, 6) is -0.0394. The van der Waals surface area contributed by atoms with Gasteiger partial charge in [-0.1, -0.05) is 11.8 Å². The minimum Gasteiger partial charge on any atom is -0.871 e. The van der Waals surface area contributed by atoms with Gasteiger partial charge in [0.2, 0.25) is 0 Å². The van der Waals surface area contributed by atoms with Gasteiger partial charge in [-0.2, -0.15) is 0 Å². The molecule has 1 rings (SSSR count). The molecule has 0 aliphatic heterocycles. The smallest absolute Gasteiger partial charge is 0.871 e. The third kappa shape index (κ3) is 2.79. The Bertz CT molecular complexity index is 142. The van der Waals surface area contributed by atoms with Crippen LogP contribution in [0.25, 0.3) is 0 Å². The van der Waals surface area contributed by atoms with E-state index in [4.69, 9.17) is 0 Å². The van der Waals surface area contributed by atoms with Gasteiger partial charge in [-0.15, -0.1) is 0 Å². The maximum absolute atomic E-state index is 10.2. The van der Waals surface area contributed by atoms with E-state index in [9.17, 15) is 5.11 Å². The van der Waals surface area contributed by atoms with E-state index in [1.807, 2.05) is 0 Å². The van der Waals surface area contributed by atoms with Gasteiger partial charge in [0.1, 0.15) is 0 Å². The molecule has 0 unspecified atom stereocenters. The summed E-state index contributed by atoms with van der Waals surface area (Å²) in [6.07, 6.45) is 2.85. The van der Waals surface area contributed by atoms with Gasteiger partial charge in [-0.05, 0) is 6.07 Å². The van der Waals surface area contributed by atoms with Crippen LogP contribution in [0, 0.1) is 0 Å². The topological polar surface area (TPSA) is 36.0 Å². The van der Waals surface area contributed by atoms with Crippen molar-refractivity contribution in [2.45, 2.75) is 0 Å². The molecule has 36 valence electrons. The van der Waals surface area contributed by atoms with Crippen LogP contribution in [0.2, 0.25) is 0 Å². The van der Waals surface area contributed by atoms with Crippen LogP contribution in [0.3, 0.4) is 0 Å². The molecule has 0 saturated carbocycles. The summed E-state index contributed by atoms with van der Waals surface area (Å²) in [6.45, 7) is 0. The average Bonchev–Trinajstić information content (AvgIpc) is 1.69. The molecule has 0 N–H and O–H groups in total. The van der Waals surface area contributed by atoms with Gasteiger partial charge in [0.25, 0.3) is 0 Å². The van der Waals surface area contributed by atoms with Gasteiger partial charge in [0.15, 0.2) is 0 Å². The summed E-state index contributed by atoms with van der Waals surface area (Å²) in [7, 11) is 0. The fourth-order valence-electron chi connectivity index (χ4n) is 0.347. The second kappa shape index (κ2) is 4.46. The predicted molar refractivity (Wildman–Crippen MR) is 23.7 cm³/mol. The molecule has 1 heterocycles. The second-order valence-corrected chi connectivity index (χ2v) is 1.19. The maximum atomic E-state index is 10.2. The van der Waals surface area contributed by atoms with Crippen LogP contribution < -0.4 is 56.5 Å². The van der Waals surface area contributed by atoms with Crippen LogP contribution in [0.5, 0.6) is 5.75 Å². The van der Waals surface area contributed by atoms with Crippen LogP contribution in [0.4, 0.5) is 0 Å². The van der Waals surface area contributed by atoms with Gasteiger partial charge >= 0.3 is 51.4 Å². The van der Waals surface area contributed by atoms with E-state index in [2.05, 4.69) is 4.98 Å². The van der Waals surface area contributed by atoms with Crippen molar-refractivity contribution in [1.29, 1.82) is 0 Å². The summed E-state index contributed by atoms with van der Waals surface area (Å²) in [6, 6.07) is 3.08. The third-order valence-electron chi connectivity index (χ3n) is 0.634. The molecule has 0 saturated heterocycles. The SMILES string of the molecule is [K+].[O-]c1cccnc1. The fraction of sp³-hybridized carbons (Fsp3) is 0. The normalized spacial score (nSPS) is 7.50. The Hall–Kier alpha value is 0.586. The minimum absolute atomic E-state index is 0. The van der Waals surface area contributed by atoms with Gasteiger partial charge < -0.3 is 5.11 Å². The Kier molecular flexibility index (Phi) is 4.79. The fourth-order valence-corrected chi connectivity index (χ4v) is 0.347. The van der Waals surface area contributed by atoms with Crippen molar-refractivity contribution in [2.24, 2.45) is 0 Å². The molecule has 0 fully saturated rings. The maximum Gasteiger partial charge on any atom is 1.00 e. The van der Waals surface area contributed by atoms with Gasteiger partial charge in [0.05, 0.1) is 0 Å². The first-order valence-corrected chi connectivity index (χ1v) is 1.96. The molecule has 0 bridgehead atoms. The van der Waals surface area contributed by atoms with Crippen molar-refractivity contribution < 1.29 is 56.5 Å². The molecule has 1 aromatic rings. The van der Waals surface area contributed by atoms with E-state index in [1.54, 1.807) is 12.3 Å². The summed E-state index contributed by atoms with van der Waals surface area (Å²) >= 11 is 0. The Morgan fingerprint density at radius 1 is 1.50 bits per heavy atom. The molecule has 0 spiro atoms. The first-order chi connectivity index (χ1) is 3.39. The molecular weight excluding hydrogens is 129 g/mol. The van der Waals surface area contributed by atoms with Crippen molar-refractivity contribution in [3.05, 3.63) is 24.5 Å². The number of hydrogen-bond donors (Lipinski definition) is 0. The number of rotatable bonds is 0. The van der Waals surface area contributed by atoms with Gasteiger partial charge in [0, 0.05) is 12.4 Å². The minimum atomic E-state index is -0.0394. The third-order valence-corrected chi connectivity index (χ3v) is 0.634. The van der Waals surface area contributed by atoms with Gasteiger partial charge in [-0.3, -0.25) is 4.98 Å². The molecule has 8 heavy (non-hydrogen) atoms. The van der Waals surface area contributed by atoms with Crippen molar-refractivity contribution in [2.75, 3.05) is 0 Å². The quantitative estimate of drug-likeness (QED) is 0.357. The molecule has 1 aromatic heterocycles. The van der Waals surface area contributed by atoms with E-state index in [0.29, 0.717) is 0 Å². The molecule has 0 radical (unpaired) electrons. The second-order valence-electron chi connectivity index (χ2n) is 1.19. The van der Waals surface area contributed by atoms with Crippen LogP contribution in [-0.2, 0) is 0 Å². The Morgan fingerprint density at radius 2 is 2.25 bits per heavy atom. The summed E-state index contributed by atoms with van der Waals surface area (Å²) in [5, 5.41) is 10.2. The standard InChI is InChI=1S/C5H5NO.K/c7-5-2-1-3-6-4-5;/h1-4,7H;/q;+1/p-1. The number of pyridine rings is 1. The summed E-state index contributed by atoms with van der Waals surface area (Å²) < 4.78 is 0. The molecular formula is C5H4KNO. The summed E-state index contributed by atoms with van der Waals surface area (Å²) in [5.41, 5.74) is 0. The van der Waals surface area contributed by atoms with Crippen molar-refractivity contribution in [3.63, 3.8) is 0 Å². The molecule has 0 aliphatic rings. The molecule has 2 nitrogen and oxygen atoms in total. The van der Waals surface area contributed by atoms with Crippen LogP contribution in [0.1, 0.15) is 0 Å². The Balaban J connectivity index is 0.000000490. The molecule has 3 heteroatoms. The van der Waals surface area contributed by atoms with Gasteiger partial charge in [-0.25, -0.2) is 0 Å². The number of aromatic nitrogens is 1.